The van der Waals surface area contributed by atoms with Crippen LogP contribution >= 0.6 is 15.8 Å². The van der Waals surface area contributed by atoms with Crippen LogP contribution in [0.3, 0.4) is 0 Å². The van der Waals surface area contributed by atoms with E-state index in [1.165, 1.54) is 12.8 Å². The zero-order chi connectivity index (χ0) is 18.7. The van der Waals surface area contributed by atoms with Crippen molar-refractivity contribution in [3.05, 3.63) is 0 Å². The third-order valence-corrected chi connectivity index (χ3v) is 16.7. The molecule has 26 heavy (non-hydrogen) atoms. The maximum Gasteiger partial charge on any atom is -0.0103 e. The first-order valence-corrected chi connectivity index (χ1v) is 14.9. The van der Waals surface area contributed by atoms with Gasteiger partial charge in [0, 0.05) is 0 Å². The standard InChI is InChI=1S/C24H44P2/c1-23(2,3)25-15-17-11-7-9-13-19(17)21(25)22-20-14-10-8-12-18(20)16-26(22)24(4,5)6/h17-22H,7-16H2,1-6H3/t17-,18-,19+,20+,21+,22+,25+,26+/m1/s1. The maximum absolute atomic E-state index is 2.61. The van der Waals surface area contributed by atoms with Gasteiger partial charge in [0.25, 0.3) is 0 Å². The van der Waals surface area contributed by atoms with Crippen molar-refractivity contribution in [1.82, 2.24) is 0 Å². The molecule has 150 valence electrons. The Balaban J connectivity index is 1.72. The van der Waals surface area contributed by atoms with E-state index in [2.05, 4.69) is 41.5 Å². The molecule has 2 aliphatic heterocycles. The lowest BCUT2D eigenvalue weighted by atomic mass is 9.72. The predicted octanol–water partition coefficient (Wildman–Crippen LogP) is 7.92. The number of rotatable bonds is 1. The molecule has 2 aliphatic carbocycles. The van der Waals surface area contributed by atoms with Crippen LogP contribution in [0, 0.1) is 23.7 Å². The Kier molecular flexibility index (Phi) is 5.64. The minimum atomic E-state index is 0.199. The van der Waals surface area contributed by atoms with Crippen LogP contribution in [0.4, 0.5) is 0 Å². The third-order valence-electron chi connectivity index (χ3n) is 8.47. The molecule has 8 atom stereocenters. The molecule has 0 amide bonds. The van der Waals surface area contributed by atoms with Crippen molar-refractivity contribution in [2.75, 3.05) is 12.3 Å². The van der Waals surface area contributed by atoms with Crippen LogP contribution in [0.25, 0.3) is 0 Å². The summed E-state index contributed by atoms with van der Waals surface area (Å²) in [6, 6.07) is 0. The summed E-state index contributed by atoms with van der Waals surface area (Å²) in [7, 11) is 0.398. The Morgan fingerprint density at radius 3 is 1.23 bits per heavy atom. The van der Waals surface area contributed by atoms with E-state index in [9.17, 15) is 0 Å². The van der Waals surface area contributed by atoms with E-state index in [4.69, 9.17) is 0 Å². The summed E-state index contributed by atoms with van der Waals surface area (Å²) >= 11 is 0. The highest BCUT2D eigenvalue weighted by Gasteiger charge is 2.58. The lowest BCUT2D eigenvalue weighted by Crippen LogP contribution is -2.39. The summed E-state index contributed by atoms with van der Waals surface area (Å²) in [4.78, 5) is 0. The molecule has 0 N–H and O–H groups in total. The van der Waals surface area contributed by atoms with Crippen LogP contribution in [-0.2, 0) is 0 Å². The molecular weight excluding hydrogens is 350 g/mol. The quantitative estimate of drug-likeness (QED) is 0.396. The van der Waals surface area contributed by atoms with Crippen LogP contribution in [0.5, 0.6) is 0 Å². The molecule has 2 heteroatoms. The zero-order valence-corrected chi connectivity index (χ0v) is 20.2. The molecule has 4 rings (SSSR count). The van der Waals surface area contributed by atoms with Gasteiger partial charge >= 0.3 is 0 Å². The molecule has 0 bridgehead atoms. The van der Waals surface area contributed by atoms with Gasteiger partial charge in [0.05, 0.1) is 0 Å². The first-order valence-electron chi connectivity index (χ1n) is 11.7. The van der Waals surface area contributed by atoms with E-state index in [-0.39, 0.29) is 15.8 Å². The van der Waals surface area contributed by atoms with Crippen molar-refractivity contribution < 1.29 is 0 Å². The Bertz CT molecular complexity index is 453. The normalized spacial score (nSPS) is 46.8. The van der Waals surface area contributed by atoms with Crippen molar-refractivity contribution in [1.29, 1.82) is 0 Å². The fraction of sp³-hybridized carbons (Fsp3) is 1.00. The van der Waals surface area contributed by atoms with Crippen molar-refractivity contribution in [3.63, 3.8) is 0 Å². The SMILES string of the molecule is CC(C)(C)[P@@]1C[C@H]2CCCC[C@@H]2[C@H]1[C@@H]1[C@H]2CCCC[C@@H]2C[P@]1C(C)(C)C. The zero-order valence-electron chi connectivity index (χ0n) is 18.4. The highest BCUT2D eigenvalue weighted by atomic mass is 31.1. The second-order valence-electron chi connectivity index (χ2n) is 12.0. The van der Waals surface area contributed by atoms with E-state index < -0.39 is 0 Å². The van der Waals surface area contributed by atoms with Gasteiger partial charge in [0.1, 0.15) is 0 Å². The van der Waals surface area contributed by atoms with Gasteiger partial charge in [-0.15, -0.1) is 0 Å². The van der Waals surface area contributed by atoms with Gasteiger partial charge < -0.3 is 0 Å². The van der Waals surface area contributed by atoms with Crippen LogP contribution in [0.1, 0.15) is 92.9 Å². The Hall–Kier alpha value is 0.860. The van der Waals surface area contributed by atoms with E-state index in [1.54, 1.807) is 50.8 Å². The molecule has 4 fully saturated rings. The van der Waals surface area contributed by atoms with E-state index in [0.717, 1.165) is 35.0 Å². The van der Waals surface area contributed by atoms with Crippen LogP contribution in [0.15, 0.2) is 0 Å². The van der Waals surface area contributed by atoms with Gasteiger partial charge in [0.15, 0.2) is 0 Å². The molecule has 0 radical (unpaired) electrons. The summed E-state index contributed by atoms with van der Waals surface area (Å²) < 4.78 is 0. The fourth-order valence-corrected chi connectivity index (χ4v) is 16.5. The molecule has 2 heterocycles. The highest BCUT2D eigenvalue weighted by Crippen LogP contribution is 2.76. The first-order chi connectivity index (χ1) is 12.2. The van der Waals surface area contributed by atoms with Gasteiger partial charge in [-0.25, -0.2) is 0 Å². The second-order valence-corrected chi connectivity index (χ2v) is 18.5. The van der Waals surface area contributed by atoms with Crippen molar-refractivity contribution in [3.8, 4) is 0 Å². The molecule has 4 aliphatic rings. The van der Waals surface area contributed by atoms with Crippen LogP contribution < -0.4 is 0 Å². The number of hydrogen-bond acceptors (Lipinski definition) is 0. The molecule has 0 spiro atoms. The minimum absolute atomic E-state index is 0.199. The summed E-state index contributed by atoms with van der Waals surface area (Å²) in [5.74, 6) is 4.45. The van der Waals surface area contributed by atoms with Gasteiger partial charge in [-0.2, -0.15) is 0 Å². The van der Waals surface area contributed by atoms with Crippen LogP contribution in [-0.4, -0.2) is 34.0 Å². The Labute approximate surface area is 166 Å². The molecule has 0 aromatic rings. The van der Waals surface area contributed by atoms with Gasteiger partial charge in [0.2, 0.25) is 0 Å². The lowest BCUT2D eigenvalue weighted by molar-refractivity contribution is 0.221. The largest absolute Gasteiger partial charge is 0.0968 e. The first kappa shape index (κ1) is 20.1. The summed E-state index contributed by atoms with van der Waals surface area (Å²) in [6.07, 6.45) is 15.7. The van der Waals surface area contributed by atoms with Crippen molar-refractivity contribution in [2.24, 2.45) is 23.7 Å². The van der Waals surface area contributed by atoms with E-state index in [1.807, 2.05) is 0 Å². The fourth-order valence-electron chi connectivity index (χ4n) is 7.35. The van der Waals surface area contributed by atoms with Gasteiger partial charge in [-0.05, 0) is 83.3 Å². The average molecular weight is 395 g/mol. The van der Waals surface area contributed by atoms with Crippen molar-refractivity contribution in [2.45, 2.75) is 115 Å². The molecule has 0 nitrogen and oxygen atoms in total. The monoisotopic (exact) mass is 394 g/mol. The molecular formula is C24H44P2. The Morgan fingerprint density at radius 2 is 0.885 bits per heavy atom. The van der Waals surface area contributed by atoms with Gasteiger partial charge in [-0.3, -0.25) is 0 Å². The van der Waals surface area contributed by atoms with Crippen LogP contribution in [0.2, 0.25) is 0 Å². The summed E-state index contributed by atoms with van der Waals surface area (Å²) in [5, 5.41) is 1.14. The molecule has 0 unspecified atom stereocenters. The molecule has 0 aromatic carbocycles. The smallest absolute Gasteiger partial charge is 0.0103 e. The molecule has 0 aromatic heterocycles. The number of fused-ring (bicyclic) bond motifs is 2. The second kappa shape index (κ2) is 7.28. The maximum atomic E-state index is 2.61. The minimum Gasteiger partial charge on any atom is -0.0968 e. The summed E-state index contributed by atoms with van der Waals surface area (Å²) in [6.45, 7) is 15.6. The Morgan fingerprint density at radius 1 is 0.538 bits per heavy atom. The topological polar surface area (TPSA) is 0 Å². The lowest BCUT2D eigenvalue weighted by Gasteiger charge is -2.47. The number of hydrogen-bond donors (Lipinski definition) is 0. The predicted molar refractivity (Wildman–Crippen MR) is 122 cm³/mol. The van der Waals surface area contributed by atoms with Crippen molar-refractivity contribution >= 4 is 15.8 Å². The van der Waals surface area contributed by atoms with E-state index >= 15 is 0 Å². The highest BCUT2D eigenvalue weighted by molar-refractivity contribution is 7.64. The summed E-state index contributed by atoms with van der Waals surface area (Å²) in [5.41, 5.74) is 2.27. The third kappa shape index (κ3) is 3.58. The van der Waals surface area contributed by atoms with E-state index in [0.29, 0.717) is 10.3 Å². The average Bonchev–Trinajstić information content (AvgIpc) is 3.12. The van der Waals surface area contributed by atoms with Gasteiger partial charge in [-0.1, -0.05) is 83.1 Å². The molecule has 2 saturated heterocycles. The molecule has 2 saturated carbocycles.